The van der Waals surface area contributed by atoms with E-state index >= 15 is 0 Å². The molecule has 1 rings (SSSR count). The van der Waals surface area contributed by atoms with Crippen LogP contribution in [-0.2, 0) is 10.0 Å². The summed E-state index contributed by atoms with van der Waals surface area (Å²) < 4.78 is 41.2. The van der Waals surface area contributed by atoms with Gasteiger partial charge in [0.1, 0.15) is 23.1 Å². The van der Waals surface area contributed by atoms with Crippen molar-refractivity contribution < 1.29 is 17.5 Å². The molecule has 0 spiro atoms. The molecule has 0 fully saturated rings. The first-order valence-corrected chi connectivity index (χ1v) is 7.43. The lowest BCUT2D eigenvalue weighted by Gasteiger charge is -2.10. The molecule has 0 heterocycles. The third kappa shape index (κ3) is 3.94. The SMILES string of the molecule is C/C(=C/Cl)COc1cc(F)c(S(N)(=O)=O)cc1Br. The van der Waals surface area contributed by atoms with Gasteiger partial charge in [-0.1, -0.05) is 11.6 Å². The molecule has 4 nitrogen and oxygen atoms in total. The van der Waals surface area contributed by atoms with E-state index in [-0.39, 0.29) is 16.8 Å². The van der Waals surface area contributed by atoms with Gasteiger partial charge in [0.15, 0.2) is 0 Å². The average molecular weight is 359 g/mol. The van der Waals surface area contributed by atoms with E-state index in [2.05, 4.69) is 15.9 Å². The second kappa shape index (κ2) is 6.01. The van der Waals surface area contributed by atoms with Gasteiger partial charge in [-0.3, -0.25) is 0 Å². The molecule has 0 amide bonds. The van der Waals surface area contributed by atoms with Crippen LogP contribution in [0.2, 0.25) is 0 Å². The number of hydrogen-bond acceptors (Lipinski definition) is 3. The van der Waals surface area contributed by atoms with Crippen molar-refractivity contribution in [1.29, 1.82) is 0 Å². The van der Waals surface area contributed by atoms with Crippen molar-refractivity contribution >= 4 is 37.6 Å². The number of rotatable bonds is 4. The lowest BCUT2D eigenvalue weighted by Crippen LogP contribution is -2.14. The van der Waals surface area contributed by atoms with Crippen LogP contribution in [0.25, 0.3) is 0 Å². The maximum absolute atomic E-state index is 13.5. The number of benzene rings is 1. The highest BCUT2D eigenvalue weighted by Crippen LogP contribution is 2.30. The van der Waals surface area contributed by atoms with E-state index < -0.39 is 20.7 Å². The Morgan fingerprint density at radius 2 is 2.22 bits per heavy atom. The van der Waals surface area contributed by atoms with Gasteiger partial charge >= 0.3 is 0 Å². The lowest BCUT2D eigenvalue weighted by molar-refractivity contribution is 0.347. The minimum Gasteiger partial charge on any atom is -0.488 e. The third-order valence-corrected chi connectivity index (χ3v) is 3.85. The molecule has 2 N–H and O–H groups in total. The number of sulfonamides is 1. The van der Waals surface area contributed by atoms with Crippen molar-refractivity contribution in [1.82, 2.24) is 0 Å². The van der Waals surface area contributed by atoms with E-state index in [4.69, 9.17) is 21.5 Å². The fraction of sp³-hybridized carbons (Fsp3) is 0.200. The predicted molar refractivity (Wildman–Crippen MR) is 70.6 cm³/mol. The summed E-state index contributed by atoms with van der Waals surface area (Å²) in [6, 6.07) is 2.01. The van der Waals surface area contributed by atoms with E-state index in [9.17, 15) is 12.8 Å². The first kappa shape index (κ1) is 15.4. The molecule has 0 aliphatic heterocycles. The summed E-state index contributed by atoms with van der Waals surface area (Å²) in [4.78, 5) is -0.591. The zero-order valence-electron chi connectivity index (χ0n) is 9.28. The zero-order valence-corrected chi connectivity index (χ0v) is 12.4. The van der Waals surface area contributed by atoms with E-state index in [0.717, 1.165) is 17.7 Å². The molecular formula is C10H10BrClFNO3S. The summed E-state index contributed by atoms with van der Waals surface area (Å²) in [5.41, 5.74) is 2.07. The Labute approximate surface area is 118 Å². The Kier molecular flexibility index (Phi) is 5.15. The van der Waals surface area contributed by atoms with Crippen LogP contribution in [0.3, 0.4) is 0 Å². The van der Waals surface area contributed by atoms with Gasteiger partial charge in [-0.2, -0.15) is 0 Å². The smallest absolute Gasteiger partial charge is 0.241 e. The number of ether oxygens (including phenoxy) is 1. The molecular weight excluding hydrogens is 349 g/mol. The minimum atomic E-state index is -4.10. The van der Waals surface area contributed by atoms with Gasteiger partial charge in [-0.05, 0) is 34.5 Å². The van der Waals surface area contributed by atoms with Gasteiger partial charge in [0, 0.05) is 11.6 Å². The molecule has 18 heavy (non-hydrogen) atoms. The second-order valence-corrected chi connectivity index (χ2v) is 6.10. The molecule has 100 valence electrons. The van der Waals surface area contributed by atoms with Crippen LogP contribution >= 0.6 is 27.5 Å². The van der Waals surface area contributed by atoms with Crippen molar-refractivity contribution in [3.63, 3.8) is 0 Å². The normalized spacial score (nSPS) is 12.6. The average Bonchev–Trinajstić information content (AvgIpc) is 2.27. The van der Waals surface area contributed by atoms with Gasteiger partial charge in [-0.25, -0.2) is 17.9 Å². The summed E-state index contributed by atoms with van der Waals surface area (Å²) in [5, 5.41) is 4.86. The van der Waals surface area contributed by atoms with Crippen LogP contribution in [0, 0.1) is 5.82 Å². The van der Waals surface area contributed by atoms with Crippen LogP contribution in [0.4, 0.5) is 4.39 Å². The van der Waals surface area contributed by atoms with Gasteiger partial charge < -0.3 is 4.74 Å². The summed E-state index contributed by atoms with van der Waals surface area (Å²) in [7, 11) is -4.10. The number of halogens is 3. The Bertz CT molecular complexity index is 589. The van der Waals surface area contributed by atoms with E-state index in [1.807, 2.05) is 0 Å². The fourth-order valence-corrected chi connectivity index (χ4v) is 2.35. The second-order valence-electron chi connectivity index (χ2n) is 3.50. The van der Waals surface area contributed by atoms with Crippen LogP contribution in [-0.4, -0.2) is 15.0 Å². The molecule has 0 aliphatic rings. The van der Waals surface area contributed by atoms with Crippen molar-refractivity contribution in [2.75, 3.05) is 6.61 Å². The van der Waals surface area contributed by atoms with Crippen molar-refractivity contribution in [3.8, 4) is 5.75 Å². The first-order valence-electron chi connectivity index (χ1n) is 4.66. The van der Waals surface area contributed by atoms with E-state index in [1.165, 1.54) is 5.54 Å². The first-order chi connectivity index (χ1) is 8.25. The molecule has 0 radical (unpaired) electrons. The molecule has 0 aromatic heterocycles. The number of primary sulfonamides is 1. The fourth-order valence-electron chi connectivity index (χ4n) is 1.06. The topological polar surface area (TPSA) is 69.4 Å². The van der Waals surface area contributed by atoms with Gasteiger partial charge in [0.05, 0.1) is 4.47 Å². The molecule has 1 aromatic rings. The highest BCUT2D eigenvalue weighted by atomic mass is 79.9. The van der Waals surface area contributed by atoms with Gasteiger partial charge in [-0.15, -0.1) is 0 Å². The Hall–Kier alpha value is -0.630. The van der Waals surface area contributed by atoms with Crippen LogP contribution in [0.1, 0.15) is 6.92 Å². The molecule has 0 saturated carbocycles. The summed E-state index contributed by atoms with van der Waals surface area (Å²) in [6.07, 6.45) is 0. The molecule has 1 aromatic carbocycles. The largest absolute Gasteiger partial charge is 0.488 e. The van der Waals surface area contributed by atoms with Crippen LogP contribution in [0.15, 0.2) is 32.6 Å². The van der Waals surface area contributed by atoms with Gasteiger partial charge in [0.25, 0.3) is 0 Å². The standard InChI is InChI=1S/C10H10BrClFNO3S/c1-6(4-12)5-17-9-3-8(13)10(2-7(9)11)18(14,15)16/h2-4H,5H2,1H3,(H2,14,15,16)/b6-4-. The third-order valence-electron chi connectivity index (χ3n) is 1.93. The molecule has 0 aliphatic carbocycles. The Balaban J connectivity index is 3.08. The summed E-state index contributed by atoms with van der Waals surface area (Å²) in [6.45, 7) is 1.90. The monoisotopic (exact) mass is 357 g/mol. The molecule has 0 atom stereocenters. The Morgan fingerprint density at radius 1 is 1.61 bits per heavy atom. The summed E-state index contributed by atoms with van der Waals surface area (Å²) in [5.74, 6) is -0.805. The van der Waals surface area contributed by atoms with E-state index in [1.54, 1.807) is 6.92 Å². The van der Waals surface area contributed by atoms with Crippen molar-refractivity contribution in [2.45, 2.75) is 11.8 Å². The predicted octanol–water partition coefficient (Wildman–Crippen LogP) is 2.76. The zero-order chi connectivity index (χ0) is 13.9. The quantitative estimate of drug-likeness (QED) is 0.900. The summed E-state index contributed by atoms with van der Waals surface area (Å²) >= 11 is 8.53. The maximum Gasteiger partial charge on any atom is 0.241 e. The van der Waals surface area contributed by atoms with Crippen LogP contribution < -0.4 is 9.88 Å². The molecule has 0 saturated heterocycles. The Morgan fingerprint density at radius 3 is 2.72 bits per heavy atom. The van der Waals surface area contributed by atoms with E-state index in [0.29, 0.717) is 0 Å². The van der Waals surface area contributed by atoms with Crippen molar-refractivity contribution in [3.05, 3.63) is 33.5 Å². The highest BCUT2D eigenvalue weighted by molar-refractivity contribution is 9.10. The highest BCUT2D eigenvalue weighted by Gasteiger charge is 2.17. The molecule has 0 bridgehead atoms. The van der Waals surface area contributed by atoms with Gasteiger partial charge in [0.2, 0.25) is 10.0 Å². The molecule has 0 unspecified atom stereocenters. The number of nitrogens with two attached hydrogens (primary N) is 1. The molecule has 8 heteroatoms. The van der Waals surface area contributed by atoms with Crippen molar-refractivity contribution in [2.24, 2.45) is 5.14 Å². The lowest BCUT2D eigenvalue weighted by atomic mass is 10.3. The number of hydrogen-bond donors (Lipinski definition) is 1. The van der Waals surface area contributed by atoms with Crippen LogP contribution in [0.5, 0.6) is 5.75 Å². The minimum absolute atomic E-state index is 0.163. The maximum atomic E-state index is 13.5.